The SMILES string of the molecule is Cc1noc(C)c1C(C)CC(=O)Nc1cc(C(=O)O)ccc1OC(C)C. The summed E-state index contributed by atoms with van der Waals surface area (Å²) in [6, 6.07) is 4.40. The number of nitrogens with zero attached hydrogens (tertiary/aromatic N) is 1. The minimum atomic E-state index is -1.07. The molecule has 1 atom stereocenters. The number of hydrogen-bond donors (Lipinski definition) is 2. The molecule has 7 nitrogen and oxygen atoms in total. The zero-order valence-electron chi connectivity index (χ0n) is 15.6. The molecule has 7 heteroatoms. The number of anilines is 1. The number of carbonyl (C=O) groups excluding carboxylic acids is 1. The number of aromatic carboxylic acids is 1. The van der Waals surface area contributed by atoms with Crippen molar-refractivity contribution in [2.45, 2.75) is 53.1 Å². The molecule has 2 N–H and O–H groups in total. The van der Waals surface area contributed by atoms with Gasteiger partial charge in [-0.1, -0.05) is 12.1 Å². The van der Waals surface area contributed by atoms with Crippen molar-refractivity contribution in [3.05, 3.63) is 40.8 Å². The first-order chi connectivity index (χ1) is 12.2. The summed E-state index contributed by atoms with van der Waals surface area (Å²) in [4.78, 5) is 23.7. The third-order valence-corrected chi connectivity index (χ3v) is 3.94. The second-order valence-electron chi connectivity index (χ2n) is 6.57. The van der Waals surface area contributed by atoms with Crippen LogP contribution in [-0.4, -0.2) is 28.2 Å². The van der Waals surface area contributed by atoms with E-state index in [1.807, 2.05) is 34.6 Å². The lowest BCUT2D eigenvalue weighted by Gasteiger charge is -2.17. The highest BCUT2D eigenvalue weighted by Crippen LogP contribution is 2.29. The molecule has 0 aliphatic heterocycles. The van der Waals surface area contributed by atoms with E-state index in [4.69, 9.17) is 9.26 Å². The number of aryl methyl sites for hydroxylation is 2. The molecule has 140 valence electrons. The number of ether oxygens (including phenoxy) is 1. The number of benzene rings is 1. The maximum atomic E-state index is 12.5. The molecular formula is C19H24N2O5. The maximum absolute atomic E-state index is 12.5. The summed E-state index contributed by atoms with van der Waals surface area (Å²) in [7, 11) is 0. The molecule has 0 bridgehead atoms. The average Bonchev–Trinajstić information content (AvgIpc) is 2.87. The number of amides is 1. The predicted octanol–water partition coefficient (Wildman–Crippen LogP) is 3.91. The van der Waals surface area contributed by atoms with Gasteiger partial charge in [0.25, 0.3) is 0 Å². The number of nitrogens with one attached hydrogen (secondary N) is 1. The van der Waals surface area contributed by atoms with Gasteiger partial charge in [-0.2, -0.15) is 0 Å². The van der Waals surface area contributed by atoms with E-state index in [1.54, 1.807) is 6.07 Å². The van der Waals surface area contributed by atoms with Gasteiger partial charge in [0.15, 0.2) is 0 Å². The first-order valence-corrected chi connectivity index (χ1v) is 8.45. The van der Waals surface area contributed by atoms with E-state index >= 15 is 0 Å². The Balaban J connectivity index is 2.19. The molecule has 0 fully saturated rings. The number of rotatable bonds is 7. The molecule has 1 aromatic carbocycles. The Labute approximate surface area is 152 Å². The van der Waals surface area contributed by atoms with Gasteiger partial charge in [0.05, 0.1) is 23.0 Å². The Kier molecular flexibility index (Phi) is 6.02. The Hall–Kier alpha value is -2.83. The van der Waals surface area contributed by atoms with Crippen LogP contribution in [0, 0.1) is 13.8 Å². The van der Waals surface area contributed by atoms with Crippen molar-refractivity contribution in [2.75, 3.05) is 5.32 Å². The van der Waals surface area contributed by atoms with Gasteiger partial charge in [0.2, 0.25) is 5.91 Å². The third kappa shape index (κ3) is 4.62. The van der Waals surface area contributed by atoms with E-state index in [1.165, 1.54) is 12.1 Å². The molecule has 1 amide bonds. The van der Waals surface area contributed by atoms with Crippen molar-refractivity contribution >= 4 is 17.6 Å². The average molecular weight is 360 g/mol. The van der Waals surface area contributed by atoms with Crippen LogP contribution in [0.2, 0.25) is 0 Å². The van der Waals surface area contributed by atoms with Crippen molar-refractivity contribution in [1.29, 1.82) is 0 Å². The minimum Gasteiger partial charge on any atom is -0.489 e. The highest BCUT2D eigenvalue weighted by Gasteiger charge is 2.20. The van der Waals surface area contributed by atoms with Crippen molar-refractivity contribution in [3.8, 4) is 5.75 Å². The van der Waals surface area contributed by atoms with Crippen LogP contribution in [0.5, 0.6) is 5.75 Å². The van der Waals surface area contributed by atoms with Crippen LogP contribution in [0.1, 0.15) is 60.5 Å². The highest BCUT2D eigenvalue weighted by molar-refractivity contribution is 5.95. The lowest BCUT2D eigenvalue weighted by molar-refractivity contribution is -0.116. The van der Waals surface area contributed by atoms with Gasteiger partial charge in [-0.15, -0.1) is 0 Å². The van der Waals surface area contributed by atoms with Gasteiger partial charge in [0, 0.05) is 12.0 Å². The van der Waals surface area contributed by atoms with Crippen LogP contribution < -0.4 is 10.1 Å². The summed E-state index contributed by atoms with van der Waals surface area (Å²) in [6.45, 7) is 9.29. The molecule has 0 aliphatic rings. The molecule has 2 rings (SSSR count). The molecule has 2 aromatic rings. The summed E-state index contributed by atoms with van der Waals surface area (Å²) in [6.07, 6.45) is 0.101. The number of carboxylic acids is 1. The van der Waals surface area contributed by atoms with Gasteiger partial charge in [-0.05, 0) is 51.8 Å². The number of carboxylic acid groups (broad SMARTS) is 1. The Bertz CT molecular complexity index is 791. The van der Waals surface area contributed by atoms with E-state index in [0.29, 0.717) is 17.2 Å². The molecular weight excluding hydrogens is 336 g/mol. The minimum absolute atomic E-state index is 0.0789. The molecule has 1 aromatic heterocycles. The zero-order chi connectivity index (χ0) is 19.4. The normalized spacial score (nSPS) is 12.1. The number of hydrogen-bond acceptors (Lipinski definition) is 5. The second-order valence-corrected chi connectivity index (χ2v) is 6.57. The van der Waals surface area contributed by atoms with Gasteiger partial charge in [-0.3, -0.25) is 4.79 Å². The molecule has 0 saturated carbocycles. The van der Waals surface area contributed by atoms with Gasteiger partial charge < -0.3 is 19.7 Å². The van der Waals surface area contributed by atoms with Crippen LogP contribution in [0.15, 0.2) is 22.7 Å². The summed E-state index contributed by atoms with van der Waals surface area (Å²) in [5, 5.41) is 15.9. The molecule has 0 saturated heterocycles. The fourth-order valence-corrected chi connectivity index (χ4v) is 2.89. The van der Waals surface area contributed by atoms with E-state index < -0.39 is 5.97 Å². The molecule has 0 spiro atoms. The molecule has 1 heterocycles. The topological polar surface area (TPSA) is 102 Å². The molecule has 0 aliphatic carbocycles. The van der Waals surface area contributed by atoms with Crippen molar-refractivity contribution < 1.29 is 24.0 Å². The standard InChI is InChI=1S/C19H24N2O5/c1-10(2)25-16-7-6-14(19(23)24)9-15(16)20-17(22)8-11(3)18-12(4)21-26-13(18)5/h6-7,9-11H,8H2,1-5H3,(H,20,22)(H,23,24). The van der Waals surface area contributed by atoms with Gasteiger partial charge >= 0.3 is 5.97 Å². The predicted molar refractivity (Wildman–Crippen MR) is 96.8 cm³/mol. The van der Waals surface area contributed by atoms with Crippen LogP contribution in [-0.2, 0) is 4.79 Å². The van der Waals surface area contributed by atoms with Gasteiger partial charge in [0.1, 0.15) is 11.5 Å². The van der Waals surface area contributed by atoms with E-state index in [2.05, 4.69) is 10.5 Å². The van der Waals surface area contributed by atoms with Crippen LogP contribution in [0.3, 0.4) is 0 Å². The second kappa shape index (κ2) is 8.03. The summed E-state index contributed by atoms with van der Waals surface area (Å²) < 4.78 is 10.8. The first kappa shape index (κ1) is 19.5. The zero-order valence-corrected chi connectivity index (χ0v) is 15.6. The van der Waals surface area contributed by atoms with E-state index in [-0.39, 0.29) is 29.9 Å². The molecule has 0 radical (unpaired) electrons. The maximum Gasteiger partial charge on any atom is 0.335 e. The quantitative estimate of drug-likeness (QED) is 0.776. The summed E-state index contributed by atoms with van der Waals surface area (Å²) >= 11 is 0. The summed E-state index contributed by atoms with van der Waals surface area (Å²) in [5.41, 5.74) is 2.10. The van der Waals surface area contributed by atoms with Crippen molar-refractivity contribution in [3.63, 3.8) is 0 Å². The first-order valence-electron chi connectivity index (χ1n) is 8.45. The van der Waals surface area contributed by atoms with Crippen molar-refractivity contribution in [1.82, 2.24) is 5.16 Å². The van der Waals surface area contributed by atoms with Gasteiger partial charge in [-0.25, -0.2) is 4.79 Å². The van der Waals surface area contributed by atoms with Crippen LogP contribution in [0.25, 0.3) is 0 Å². The Morgan fingerprint density at radius 3 is 2.50 bits per heavy atom. The fraction of sp³-hybridized carbons (Fsp3) is 0.421. The Morgan fingerprint density at radius 1 is 1.27 bits per heavy atom. The van der Waals surface area contributed by atoms with Crippen molar-refractivity contribution in [2.24, 2.45) is 0 Å². The van der Waals surface area contributed by atoms with E-state index in [0.717, 1.165) is 11.3 Å². The fourth-order valence-electron chi connectivity index (χ4n) is 2.89. The molecule has 1 unspecified atom stereocenters. The van der Waals surface area contributed by atoms with Crippen LogP contribution >= 0.6 is 0 Å². The number of aromatic nitrogens is 1. The van der Waals surface area contributed by atoms with Crippen LogP contribution in [0.4, 0.5) is 5.69 Å². The van der Waals surface area contributed by atoms with E-state index in [9.17, 15) is 14.7 Å². The monoisotopic (exact) mass is 360 g/mol. The largest absolute Gasteiger partial charge is 0.489 e. The third-order valence-electron chi connectivity index (χ3n) is 3.94. The lowest BCUT2D eigenvalue weighted by atomic mass is 9.96. The molecule has 26 heavy (non-hydrogen) atoms. The lowest BCUT2D eigenvalue weighted by Crippen LogP contribution is -2.17. The summed E-state index contributed by atoms with van der Waals surface area (Å²) in [5.74, 6) is -0.268. The number of carbonyl (C=O) groups is 2. The smallest absolute Gasteiger partial charge is 0.335 e. The highest BCUT2D eigenvalue weighted by atomic mass is 16.5. The Morgan fingerprint density at radius 2 is 1.96 bits per heavy atom.